The summed E-state index contributed by atoms with van der Waals surface area (Å²) in [5.74, 6) is 0.121. The van der Waals surface area contributed by atoms with E-state index < -0.39 is 0 Å². The zero-order valence-corrected chi connectivity index (χ0v) is 17.5. The van der Waals surface area contributed by atoms with E-state index in [1.54, 1.807) is 13.8 Å². The summed E-state index contributed by atoms with van der Waals surface area (Å²) in [6.07, 6.45) is 11.5. The number of oxime groups is 1. The van der Waals surface area contributed by atoms with Gasteiger partial charge in [0.2, 0.25) is 0 Å². The Morgan fingerprint density at radius 1 is 0.929 bits per heavy atom. The molecule has 3 heterocycles. The Labute approximate surface area is 166 Å². The van der Waals surface area contributed by atoms with E-state index in [2.05, 4.69) is 5.16 Å². The van der Waals surface area contributed by atoms with Gasteiger partial charge in [-0.15, -0.1) is 0 Å². The Balaban J connectivity index is 0.000000210. The quantitative estimate of drug-likeness (QED) is 0.313. The monoisotopic (exact) mass is 385 g/mol. The van der Waals surface area contributed by atoms with Crippen molar-refractivity contribution in [1.29, 1.82) is 0 Å². The second kappa shape index (κ2) is 10.9. The topological polar surface area (TPSA) is 90.5 Å². The fraction of sp³-hybridized carbons (Fsp3) is 0.333. The van der Waals surface area contributed by atoms with Gasteiger partial charge in [0.15, 0.2) is 5.78 Å². The number of carbonyl (C=O) groups is 1. The summed E-state index contributed by atoms with van der Waals surface area (Å²) < 4.78 is 5.76. The SMILES string of the molecule is CC(=NO)c1ccn(C)c1.CC(=O)c1ccn(C)c1.CC(N)c1ccn(C)c1. The number of aromatic nitrogens is 3. The fourth-order valence-corrected chi connectivity index (χ4v) is 2.28. The maximum absolute atomic E-state index is 10.6. The highest BCUT2D eigenvalue weighted by Gasteiger charge is 1.98. The first-order valence-corrected chi connectivity index (χ1v) is 8.95. The highest BCUT2D eigenvalue weighted by molar-refractivity contribution is 5.98. The molecule has 0 aliphatic heterocycles. The molecule has 0 saturated heterocycles. The number of nitrogens with two attached hydrogens (primary N) is 1. The average molecular weight is 386 g/mol. The smallest absolute Gasteiger partial charge is 0.161 e. The van der Waals surface area contributed by atoms with Crippen LogP contribution in [0.3, 0.4) is 0 Å². The van der Waals surface area contributed by atoms with Gasteiger partial charge >= 0.3 is 0 Å². The summed E-state index contributed by atoms with van der Waals surface area (Å²) in [6.45, 7) is 5.31. The van der Waals surface area contributed by atoms with Gasteiger partial charge < -0.3 is 24.6 Å². The standard InChI is InChI=1S/C7H10N2O.C7H12N2.C7H9NO/c1-6(8-10)7-3-4-9(2)5-7;1-6(8)7-3-4-9(2)5-7;1-6(9)7-3-4-8(2)5-7/h3-5,10H,1-2H3;3-6H,8H2,1-2H3;3-5H,1-2H3. The van der Waals surface area contributed by atoms with Crippen molar-refractivity contribution < 1.29 is 10.0 Å². The summed E-state index contributed by atoms with van der Waals surface area (Å²) in [7, 11) is 5.81. The molecule has 1 unspecified atom stereocenters. The van der Waals surface area contributed by atoms with Crippen LogP contribution in [0.2, 0.25) is 0 Å². The molecule has 28 heavy (non-hydrogen) atoms. The number of hydrogen-bond acceptors (Lipinski definition) is 4. The van der Waals surface area contributed by atoms with E-state index in [-0.39, 0.29) is 11.8 Å². The maximum Gasteiger partial charge on any atom is 0.161 e. The highest BCUT2D eigenvalue weighted by Crippen LogP contribution is 2.07. The third-order valence-corrected chi connectivity index (χ3v) is 4.02. The number of hydrogen-bond donors (Lipinski definition) is 2. The van der Waals surface area contributed by atoms with Crippen LogP contribution in [0.25, 0.3) is 0 Å². The number of ketones is 1. The van der Waals surface area contributed by atoms with Crippen molar-refractivity contribution in [3.63, 3.8) is 0 Å². The molecule has 3 aromatic heterocycles. The molecule has 3 rings (SSSR count). The van der Waals surface area contributed by atoms with Crippen LogP contribution in [0.5, 0.6) is 0 Å². The third-order valence-electron chi connectivity index (χ3n) is 4.02. The van der Waals surface area contributed by atoms with Crippen LogP contribution < -0.4 is 5.73 Å². The maximum atomic E-state index is 10.6. The van der Waals surface area contributed by atoms with Crippen LogP contribution in [-0.4, -0.2) is 30.4 Å². The van der Waals surface area contributed by atoms with Crippen molar-refractivity contribution in [2.24, 2.45) is 32.0 Å². The van der Waals surface area contributed by atoms with Crippen molar-refractivity contribution in [2.45, 2.75) is 26.8 Å². The van der Waals surface area contributed by atoms with Crippen LogP contribution >= 0.6 is 0 Å². The lowest BCUT2D eigenvalue weighted by molar-refractivity contribution is 0.101. The molecular formula is C21H31N5O2. The molecule has 0 spiro atoms. The molecule has 3 aromatic rings. The van der Waals surface area contributed by atoms with Crippen molar-refractivity contribution in [3.8, 4) is 0 Å². The van der Waals surface area contributed by atoms with E-state index in [0.29, 0.717) is 5.71 Å². The van der Waals surface area contributed by atoms with Gasteiger partial charge in [0.05, 0.1) is 5.71 Å². The fourth-order valence-electron chi connectivity index (χ4n) is 2.28. The minimum atomic E-state index is 0.121. The number of aryl methyl sites for hydroxylation is 3. The second-order valence-electron chi connectivity index (χ2n) is 6.77. The molecule has 0 aromatic carbocycles. The lowest BCUT2D eigenvalue weighted by Crippen LogP contribution is -2.03. The summed E-state index contributed by atoms with van der Waals surface area (Å²) in [5.41, 5.74) is 9.17. The van der Waals surface area contributed by atoms with Gasteiger partial charge in [-0.1, -0.05) is 5.16 Å². The van der Waals surface area contributed by atoms with Gasteiger partial charge in [-0.05, 0) is 44.5 Å². The largest absolute Gasteiger partial charge is 0.411 e. The van der Waals surface area contributed by atoms with E-state index in [1.807, 2.05) is 97.1 Å². The minimum absolute atomic E-state index is 0.121. The first-order chi connectivity index (χ1) is 13.1. The van der Waals surface area contributed by atoms with E-state index in [9.17, 15) is 4.79 Å². The number of nitrogens with zero attached hydrogens (tertiary/aromatic N) is 4. The van der Waals surface area contributed by atoms with Gasteiger partial charge in [0.1, 0.15) is 0 Å². The van der Waals surface area contributed by atoms with Crippen molar-refractivity contribution in [3.05, 3.63) is 72.1 Å². The lowest BCUT2D eigenvalue weighted by atomic mass is 10.2. The Hall–Kier alpha value is -3.06. The van der Waals surface area contributed by atoms with Crippen LogP contribution in [0.15, 0.2) is 60.5 Å². The molecule has 0 aliphatic carbocycles. The minimum Gasteiger partial charge on any atom is -0.411 e. The predicted molar refractivity (Wildman–Crippen MR) is 113 cm³/mol. The van der Waals surface area contributed by atoms with E-state index >= 15 is 0 Å². The van der Waals surface area contributed by atoms with Crippen LogP contribution in [0.1, 0.15) is 48.3 Å². The molecule has 3 N–H and O–H groups in total. The van der Waals surface area contributed by atoms with Gasteiger partial charge in [-0.25, -0.2) is 0 Å². The van der Waals surface area contributed by atoms with Crippen LogP contribution in [0, 0.1) is 0 Å². The Morgan fingerprint density at radius 3 is 1.64 bits per heavy atom. The molecule has 0 fully saturated rings. The second-order valence-corrected chi connectivity index (χ2v) is 6.77. The number of carbonyl (C=O) groups excluding carboxylic acids is 1. The van der Waals surface area contributed by atoms with E-state index in [1.165, 1.54) is 5.56 Å². The molecule has 7 nitrogen and oxygen atoms in total. The Morgan fingerprint density at radius 2 is 1.39 bits per heavy atom. The predicted octanol–water partition coefficient (Wildman–Crippen LogP) is 3.50. The molecule has 1 atom stereocenters. The van der Waals surface area contributed by atoms with Gasteiger partial charge in [-0.2, -0.15) is 0 Å². The molecule has 0 saturated carbocycles. The highest BCUT2D eigenvalue weighted by atomic mass is 16.4. The Kier molecular flexibility index (Phi) is 8.98. The van der Waals surface area contributed by atoms with Crippen LogP contribution in [-0.2, 0) is 21.1 Å². The van der Waals surface area contributed by atoms with E-state index in [4.69, 9.17) is 10.9 Å². The molecule has 0 amide bonds. The zero-order valence-electron chi connectivity index (χ0n) is 17.5. The molecule has 0 bridgehead atoms. The molecule has 7 heteroatoms. The third kappa shape index (κ3) is 7.67. The summed E-state index contributed by atoms with van der Waals surface area (Å²) in [6, 6.07) is 5.90. The zero-order chi connectivity index (χ0) is 21.3. The number of Topliss-reactive ketones (excluding diaryl/α,β-unsaturated/α-hetero) is 1. The Bertz CT molecular complexity index is 899. The molecule has 152 valence electrons. The van der Waals surface area contributed by atoms with E-state index in [0.717, 1.165) is 11.1 Å². The first-order valence-electron chi connectivity index (χ1n) is 8.95. The number of rotatable bonds is 3. The summed E-state index contributed by atoms with van der Waals surface area (Å²) in [4.78, 5) is 10.6. The average Bonchev–Trinajstić information content (AvgIpc) is 3.37. The lowest BCUT2D eigenvalue weighted by Gasteiger charge is -1.97. The van der Waals surface area contributed by atoms with Gasteiger partial charge in [-0.3, -0.25) is 4.79 Å². The van der Waals surface area contributed by atoms with Crippen molar-refractivity contribution in [1.82, 2.24) is 13.7 Å². The molecule has 0 aliphatic rings. The van der Waals surface area contributed by atoms with Gasteiger partial charge in [0, 0.05) is 75.5 Å². The molecule has 0 radical (unpaired) electrons. The normalized spacial score (nSPS) is 11.8. The first kappa shape index (κ1) is 23.0. The van der Waals surface area contributed by atoms with Crippen LogP contribution in [0.4, 0.5) is 0 Å². The summed E-state index contributed by atoms with van der Waals surface area (Å²) in [5, 5.41) is 11.5. The summed E-state index contributed by atoms with van der Waals surface area (Å²) >= 11 is 0. The van der Waals surface area contributed by atoms with Crippen molar-refractivity contribution in [2.75, 3.05) is 0 Å². The van der Waals surface area contributed by atoms with Crippen molar-refractivity contribution >= 4 is 11.5 Å². The molecular weight excluding hydrogens is 354 g/mol. The van der Waals surface area contributed by atoms with Gasteiger partial charge in [0.25, 0.3) is 0 Å².